The van der Waals surface area contributed by atoms with Crippen molar-refractivity contribution in [2.75, 3.05) is 25.1 Å². The van der Waals surface area contributed by atoms with E-state index < -0.39 is 0 Å². The molecule has 0 amide bonds. The molecule has 0 saturated carbocycles. The van der Waals surface area contributed by atoms with Crippen LogP contribution in [0.5, 0.6) is 5.75 Å². The second-order valence-electron chi connectivity index (χ2n) is 4.71. The van der Waals surface area contributed by atoms with Crippen LogP contribution in [0.4, 0.5) is 5.82 Å². The second-order valence-corrected chi connectivity index (χ2v) is 4.71. The Hall–Kier alpha value is -2.28. The molecular formula is C15H15N3O. The molecule has 19 heavy (non-hydrogen) atoms. The summed E-state index contributed by atoms with van der Waals surface area (Å²) in [5.41, 5.74) is 0.563. The van der Waals surface area contributed by atoms with Crippen LogP contribution in [0.1, 0.15) is 18.4 Å². The zero-order valence-electron chi connectivity index (χ0n) is 10.9. The predicted octanol–water partition coefficient (Wildman–Crippen LogP) is 2.72. The molecule has 2 heterocycles. The molecule has 0 radical (unpaired) electrons. The second kappa shape index (κ2) is 4.77. The minimum absolute atomic E-state index is 0.563. The summed E-state index contributed by atoms with van der Waals surface area (Å²) in [5, 5.41) is 11.2. The number of fused-ring (bicyclic) bond motifs is 1. The van der Waals surface area contributed by atoms with E-state index in [1.165, 1.54) is 12.8 Å². The third kappa shape index (κ3) is 1.97. The number of ether oxygens (including phenoxy) is 1. The van der Waals surface area contributed by atoms with Crippen LogP contribution in [-0.2, 0) is 0 Å². The number of nitrogens with zero attached hydrogens (tertiary/aromatic N) is 3. The molecule has 0 N–H and O–H groups in total. The normalized spacial score (nSPS) is 14.6. The van der Waals surface area contributed by atoms with E-state index in [0.29, 0.717) is 11.3 Å². The van der Waals surface area contributed by atoms with Gasteiger partial charge < -0.3 is 9.64 Å². The molecule has 96 valence electrons. The van der Waals surface area contributed by atoms with Gasteiger partial charge in [-0.15, -0.1) is 0 Å². The van der Waals surface area contributed by atoms with Crippen LogP contribution >= 0.6 is 0 Å². The van der Waals surface area contributed by atoms with Gasteiger partial charge in [-0.2, -0.15) is 5.26 Å². The van der Waals surface area contributed by atoms with Gasteiger partial charge in [-0.3, -0.25) is 0 Å². The fourth-order valence-electron chi connectivity index (χ4n) is 2.62. The number of hydrogen-bond acceptors (Lipinski definition) is 4. The number of methoxy groups -OCH3 is 1. The summed E-state index contributed by atoms with van der Waals surface area (Å²) in [6.07, 6.45) is 4.24. The van der Waals surface area contributed by atoms with Gasteiger partial charge in [0.25, 0.3) is 0 Å². The highest BCUT2D eigenvalue weighted by molar-refractivity contribution is 5.94. The smallest absolute Gasteiger partial charge is 0.137 e. The molecule has 1 fully saturated rings. The standard InChI is InChI=1S/C15H15N3O/c1-19-14-9-13-11(8-12(14)10-16)4-5-17-15(13)18-6-2-3-7-18/h4-5,8-9H,2-3,6-7H2,1H3. The molecule has 1 aliphatic rings. The van der Waals surface area contributed by atoms with Crippen LogP contribution < -0.4 is 9.64 Å². The molecule has 0 unspecified atom stereocenters. The van der Waals surface area contributed by atoms with E-state index in [2.05, 4.69) is 16.0 Å². The largest absolute Gasteiger partial charge is 0.495 e. The van der Waals surface area contributed by atoms with Crippen LogP contribution in [0.15, 0.2) is 24.4 Å². The minimum Gasteiger partial charge on any atom is -0.495 e. The van der Waals surface area contributed by atoms with Crippen molar-refractivity contribution in [1.29, 1.82) is 5.26 Å². The first kappa shape index (κ1) is 11.8. The van der Waals surface area contributed by atoms with Crippen molar-refractivity contribution >= 4 is 16.6 Å². The van der Waals surface area contributed by atoms with Crippen molar-refractivity contribution in [3.8, 4) is 11.8 Å². The van der Waals surface area contributed by atoms with Crippen LogP contribution in [0, 0.1) is 11.3 Å². The zero-order chi connectivity index (χ0) is 13.2. The fourth-order valence-corrected chi connectivity index (χ4v) is 2.62. The van der Waals surface area contributed by atoms with Gasteiger partial charge in [-0.25, -0.2) is 4.98 Å². The summed E-state index contributed by atoms with van der Waals surface area (Å²) in [6.45, 7) is 2.10. The molecule has 0 atom stereocenters. The maximum Gasteiger partial charge on any atom is 0.137 e. The predicted molar refractivity (Wildman–Crippen MR) is 74.5 cm³/mol. The summed E-state index contributed by atoms with van der Waals surface area (Å²) >= 11 is 0. The van der Waals surface area contributed by atoms with Gasteiger partial charge >= 0.3 is 0 Å². The molecule has 4 heteroatoms. The summed E-state index contributed by atoms with van der Waals surface area (Å²) in [6, 6.07) is 7.90. The topological polar surface area (TPSA) is 49.1 Å². The maximum atomic E-state index is 9.13. The van der Waals surface area contributed by atoms with E-state index in [1.807, 2.05) is 24.4 Å². The average Bonchev–Trinajstić information content (AvgIpc) is 2.99. The van der Waals surface area contributed by atoms with Crippen molar-refractivity contribution in [2.24, 2.45) is 0 Å². The monoisotopic (exact) mass is 253 g/mol. The Kier molecular flexibility index (Phi) is 2.96. The Labute approximate surface area is 112 Å². The molecule has 3 rings (SSSR count). The van der Waals surface area contributed by atoms with Crippen LogP contribution in [0.3, 0.4) is 0 Å². The van der Waals surface area contributed by atoms with E-state index in [9.17, 15) is 0 Å². The molecule has 4 nitrogen and oxygen atoms in total. The molecule has 1 aliphatic heterocycles. The highest BCUT2D eigenvalue weighted by Gasteiger charge is 2.17. The van der Waals surface area contributed by atoms with E-state index >= 15 is 0 Å². The first-order valence-corrected chi connectivity index (χ1v) is 6.45. The minimum atomic E-state index is 0.563. The number of benzene rings is 1. The number of anilines is 1. The number of rotatable bonds is 2. The highest BCUT2D eigenvalue weighted by atomic mass is 16.5. The molecule has 2 aromatic rings. The quantitative estimate of drug-likeness (QED) is 0.825. The lowest BCUT2D eigenvalue weighted by Gasteiger charge is -2.18. The van der Waals surface area contributed by atoms with Gasteiger partial charge in [0, 0.05) is 24.7 Å². The van der Waals surface area contributed by atoms with Gasteiger partial charge in [0.05, 0.1) is 12.7 Å². The maximum absolute atomic E-state index is 9.13. The Morgan fingerprint density at radius 3 is 2.79 bits per heavy atom. The highest BCUT2D eigenvalue weighted by Crippen LogP contribution is 2.32. The summed E-state index contributed by atoms with van der Waals surface area (Å²) < 4.78 is 5.29. The van der Waals surface area contributed by atoms with Crippen molar-refractivity contribution in [3.63, 3.8) is 0 Å². The van der Waals surface area contributed by atoms with E-state index in [0.717, 1.165) is 29.7 Å². The van der Waals surface area contributed by atoms with Crippen LogP contribution in [0.25, 0.3) is 10.8 Å². The lowest BCUT2D eigenvalue weighted by molar-refractivity contribution is 0.414. The molecular weight excluding hydrogens is 238 g/mol. The third-order valence-corrected chi connectivity index (χ3v) is 3.59. The number of pyridine rings is 1. The molecule has 1 saturated heterocycles. The van der Waals surface area contributed by atoms with E-state index in [1.54, 1.807) is 7.11 Å². The van der Waals surface area contributed by atoms with Gasteiger partial charge in [0.15, 0.2) is 0 Å². The summed E-state index contributed by atoms with van der Waals surface area (Å²) in [4.78, 5) is 6.81. The Balaban J connectivity index is 2.21. The Morgan fingerprint density at radius 1 is 1.32 bits per heavy atom. The first-order chi connectivity index (χ1) is 9.33. The van der Waals surface area contributed by atoms with E-state index in [-0.39, 0.29) is 0 Å². The Bertz CT molecular complexity index is 654. The molecule has 0 aliphatic carbocycles. The van der Waals surface area contributed by atoms with Crippen LogP contribution in [0.2, 0.25) is 0 Å². The zero-order valence-corrected chi connectivity index (χ0v) is 10.9. The van der Waals surface area contributed by atoms with Gasteiger partial charge in [0.1, 0.15) is 17.6 Å². The van der Waals surface area contributed by atoms with Crippen molar-refractivity contribution < 1.29 is 4.74 Å². The van der Waals surface area contributed by atoms with Gasteiger partial charge in [0.2, 0.25) is 0 Å². The number of aromatic nitrogens is 1. The lowest BCUT2D eigenvalue weighted by atomic mass is 10.1. The molecule has 1 aromatic heterocycles. The van der Waals surface area contributed by atoms with Crippen molar-refractivity contribution in [3.05, 3.63) is 30.0 Å². The molecule has 0 bridgehead atoms. The Morgan fingerprint density at radius 2 is 2.11 bits per heavy atom. The van der Waals surface area contributed by atoms with E-state index in [4.69, 9.17) is 10.00 Å². The number of hydrogen-bond donors (Lipinski definition) is 0. The SMILES string of the molecule is COc1cc2c(N3CCCC3)nccc2cc1C#N. The molecule has 0 spiro atoms. The number of nitriles is 1. The van der Waals surface area contributed by atoms with Crippen LogP contribution in [-0.4, -0.2) is 25.2 Å². The fraction of sp³-hybridized carbons (Fsp3) is 0.333. The summed E-state index contributed by atoms with van der Waals surface area (Å²) in [5.74, 6) is 1.61. The lowest BCUT2D eigenvalue weighted by Crippen LogP contribution is -2.19. The first-order valence-electron chi connectivity index (χ1n) is 6.45. The van der Waals surface area contributed by atoms with Gasteiger partial charge in [-0.1, -0.05) is 0 Å². The van der Waals surface area contributed by atoms with Crippen molar-refractivity contribution in [2.45, 2.75) is 12.8 Å². The van der Waals surface area contributed by atoms with Gasteiger partial charge in [-0.05, 0) is 36.4 Å². The average molecular weight is 253 g/mol. The third-order valence-electron chi connectivity index (χ3n) is 3.59. The van der Waals surface area contributed by atoms with Crippen molar-refractivity contribution in [1.82, 2.24) is 4.98 Å². The summed E-state index contributed by atoms with van der Waals surface area (Å²) in [7, 11) is 1.59. The molecule has 1 aromatic carbocycles.